The van der Waals surface area contributed by atoms with Crippen LogP contribution in [0.5, 0.6) is 0 Å². The minimum Gasteiger partial charge on any atom is -0.0605 e. The van der Waals surface area contributed by atoms with E-state index in [1.807, 2.05) is 0 Å². The lowest BCUT2D eigenvalue weighted by Crippen LogP contribution is -1.88. The van der Waals surface area contributed by atoms with Gasteiger partial charge in [-0.2, -0.15) is 0 Å². The van der Waals surface area contributed by atoms with Gasteiger partial charge in [-0.05, 0) is 100 Å². The smallest absolute Gasteiger partial charge is 0.0351 e. The molecule has 0 bridgehead atoms. The van der Waals surface area contributed by atoms with Crippen molar-refractivity contribution in [1.29, 1.82) is 0 Å². The molecule has 0 aliphatic heterocycles. The van der Waals surface area contributed by atoms with Gasteiger partial charge >= 0.3 is 0 Å². The molecule has 0 saturated carbocycles. The number of hydrogen-bond acceptors (Lipinski definition) is 0. The Labute approximate surface area is 139 Å². The molecule has 2 aromatic carbocycles. The minimum atomic E-state index is 1.14. The standard InChI is InChI=1S/C12H6Br2I2/c13-9-5-1-3-7(11(9)15)8-4-2-6-10(14)12(8)16/h1-6H. The van der Waals surface area contributed by atoms with Crippen LogP contribution in [0.15, 0.2) is 45.3 Å². The molecule has 0 atom stereocenters. The molecule has 0 aliphatic carbocycles. The number of benzene rings is 2. The second-order valence-electron chi connectivity index (χ2n) is 3.20. The van der Waals surface area contributed by atoms with Crippen molar-refractivity contribution in [2.75, 3.05) is 0 Å². The first-order valence-corrected chi connectivity index (χ1v) is 8.24. The zero-order chi connectivity index (χ0) is 11.7. The highest BCUT2D eigenvalue weighted by atomic mass is 127. The number of rotatable bonds is 1. The lowest BCUT2D eigenvalue weighted by atomic mass is 10.1. The Bertz CT molecular complexity index is 489. The van der Waals surface area contributed by atoms with Gasteiger partial charge in [-0.15, -0.1) is 0 Å². The molecule has 0 fully saturated rings. The molecule has 4 heteroatoms. The van der Waals surface area contributed by atoms with Gasteiger partial charge in [0.15, 0.2) is 0 Å². The first-order chi connectivity index (χ1) is 7.61. The maximum absolute atomic E-state index is 3.56. The van der Waals surface area contributed by atoms with E-state index in [1.165, 1.54) is 18.3 Å². The van der Waals surface area contributed by atoms with E-state index in [2.05, 4.69) is 113 Å². The predicted molar refractivity (Wildman–Crippen MR) is 92.7 cm³/mol. The fourth-order valence-corrected chi connectivity index (χ4v) is 3.46. The van der Waals surface area contributed by atoms with Crippen LogP contribution in [0.2, 0.25) is 0 Å². The van der Waals surface area contributed by atoms with Gasteiger partial charge in [-0.3, -0.25) is 0 Å². The van der Waals surface area contributed by atoms with E-state index >= 15 is 0 Å². The topological polar surface area (TPSA) is 0 Å². The molecule has 0 radical (unpaired) electrons. The number of halogens is 4. The van der Waals surface area contributed by atoms with Crippen LogP contribution >= 0.6 is 77.0 Å². The molecule has 16 heavy (non-hydrogen) atoms. The van der Waals surface area contributed by atoms with Crippen molar-refractivity contribution in [2.45, 2.75) is 0 Å². The van der Waals surface area contributed by atoms with Crippen molar-refractivity contribution in [3.8, 4) is 11.1 Å². The third-order valence-corrected chi connectivity index (χ3v) is 7.32. The summed E-state index contributed by atoms with van der Waals surface area (Å²) < 4.78 is 4.77. The van der Waals surface area contributed by atoms with E-state index in [1.54, 1.807) is 0 Å². The summed E-state index contributed by atoms with van der Waals surface area (Å²) in [4.78, 5) is 0. The summed E-state index contributed by atoms with van der Waals surface area (Å²) >= 11 is 11.9. The number of hydrogen-bond donors (Lipinski definition) is 0. The fraction of sp³-hybridized carbons (Fsp3) is 0. The Balaban J connectivity index is 2.68. The van der Waals surface area contributed by atoms with Crippen LogP contribution in [0.3, 0.4) is 0 Å². The first kappa shape index (κ1) is 13.3. The Kier molecular flexibility index (Phi) is 4.71. The van der Waals surface area contributed by atoms with Crippen LogP contribution in [0.1, 0.15) is 0 Å². The van der Waals surface area contributed by atoms with Gasteiger partial charge in [0.05, 0.1) is 0 Å². The monoisotopic (exact) mass is 562 g/mol. The molecular weight excluding hydrogens is 558 g/mol. The average Bonchev–Trinajstić information content (AvgIpc) is 2.27. The van der Waals surface area contributed by atoms with Gasteiger partial charge in [0.25, 0.3) is 0 Å². The molecule has 0 nitrogen and oxygen atoms in total. The summed E-state index contributed by atoms with van der Waals surface area (Å²) in [6, 6.07) is 12.6. The van der Waals surface area contributed by atoms with E-state index in [0.717, 1.165) is 8.95 Å². The molecule has 0 aromatic heterocycles. The van der Waals surface area contributed by atoms with Gasteiger partial charge in [-0.1, -0.05) is 24.3 Å². The van der Waals surface area contributed by atoms with Crippen molar-refractivity contribution in [2.24, 2.45) is 0 Å². The van der Waals surface area contributed by atoms with E-state index < -0.39 is 0 Å². The average molecular weight is 564 g/mol. The molecular formula is C12H6Br2I2. The predicted octanol–water partition coefficient (Wildman–Crippen LogP) is 6.09. The fourth-order valence-electron chi connectivity index (χ4n) is 1.42. The largest absolute Gasteiger partial charge is 0.0605 e. The summed E-state index contributed by atoms with van der Waals surface area (Å²) in [6.07, 6.45) is 0. The van der Waals surface area contributed by atoms with Crippen molar-refractivity contribution < 1.29 is 0 Å². The molecule has 0 amide bonds. The van der Waals surface area contributed by atoms with E-state index in [4.69, 9.17) is 0 Å². The zero-order valence-corrected chi connectivity index (χ0v) is 15.5. The molecule has 2 aromatic rings. The van der Waals surface area contributed by atoms with E-state index in [0.29, 0.717) is 0 Å². The molecule has 0 N–H and O–H groups in total. The van der Waals surface area contributed by atoms with Gasteiger partial charge in [0, 0.05) is 16.1 Å². The second-order valence-corrected chi connectivity index (χ2v) is 7.07. The van der Waals surface area contributed by atoms with Crippen molar-refractivity contribution in [3.63, 3.8) is 0 Å². The van der Waals surface area contributed by atoms with Crippen LogP contribution in [0.4, 0.5) is 0 Å². The minimum absolute atomic E-state index is 1.14. The van der Waals surface area contributed by atoms with Crippen LogP contribution in [-0.2, 0) is 0 Å². The first-order valence-electron chi connectivity index (χ1n) is 4.49. The maximum atomic E-state index is 3.56. The summed E-state index contributed by atoms with van der Waals surface area (Å²) in [5.41, 5.74) is 2.53. The third kappa shape index (κ3) is 2.64. The van der Waals surface area contributed by atoms with Crippen molar-refractivity contribution in [3.05, 3.63) is 52.5 Å². The molecule has 0 unspecified atom stereocenters. The molecule has 2 rings (SSSR count). The van der Waals surface area contributed by atoms with Gasteiger partial charge < -0.3 is 0 Å². The lowest BCUT2D eigenvalue weighted by molar-refractivity contribution is 1.50. The molecule has 0 spiro atoms. The summed E-state index contributed by atoms with van der Waals surface area (Å²) in [6.45, 7) is 0. The Morgan fingerprint density at radius 2 is 1.06 bits per heavy atom. The third-order valence-electron chi connectivity index (χ3n) is 2.19. The molecule has 82 valence electrons. The van der Waals surface area contributed by atoms with Crippen molar-refractivity contribution in [1.82, 2.24) is 0 Å². The molecule has 0 saturated heterocycles. The highest BCUT2D eigenvalue weighted by molar-refractivity contribution is 14.1. The van der Waals surface area contributed by atoms with E-state index in [9.17, 15) is 0 Å². The SMILES string of the molecule is Brc1cccc(-c2cccc(Br)c2I)c1I. The quantitative estimate of drug-likeness (QED) is 0.369. The van der Waals surface area contributed by atoms with Crippen LogP contribution < -0.4 is 0 Å². The lowest BCUT2D eigenvalue weighted by Gasteiger charge is -2.09. The Morgan fingerprint density at radius 3 is 1.44 bits per heavy atom. The van der Waals surface area contributed by atoms with Crippen molar-refractivity contribution >= 4 is 77.0 Å². The Hall–Kier alpha value is 0.860. The highest BCUT2D eigenvalue weighted by Gasteiger charge is 2.10. The summed E-state index contributed by atoms with van der Waals surface area (Å²) in [7, 11) is 0. The normalized spacial score (nSPS) is 10.5. The van der Waals surface area contributed by atoms with Gasteiger partial charge in [0.2, 0.25) is 0 Å². The van der Waals surface area contributed by atoms with Crippen LogP contribution in [-0.4, -0.2) is 0 Å². The van der Waals surface area contributed by atoms with Gasteiger partial charge in [-0.25, -0.2) is 0 Å². The molecule has 0 heterocycles. The Morgan fingerprint density at radius 1 is 0.688 bits per heavy atom. The highest BCUT2D eigenvalue weighted by Crippen LogP contribution is 2.35. The zero-order valence-electron chi connectivity index (χ0n) is 7.98. The van der Waals surface area contributed by atoms with Crippen LogP contribution in [0, 0.1) is 7.14 Å². The van der Waals surface area contributed by atoms with Gasteiger partial charge in [0.1, 0.15) is 0 Å². The van der Waals surface area contributed by atoms with E-state index in [-0.39, 0.29) is 0 Å². The summed E-state index contributed by atoms with van der Waals surface area (Å²) in [5.74, 6) is 0. The maximum Gasteiger partial charge on any atom is 0.0351 e. The molecule has 0 aliphatic rings. The second kappa shape index (κ2) is 5.67. The summed E-state index contributed by atoms with van der Waals surface area (Å²) in [5, 5.41) is 0. The van der Waals surface area contributed by atoms with Crippen LogP contribution in [0.25, 0.3) is 11.1 Å².